The van der Waals surface area contributed by atoms with Gasteiger partial charge in [0.05, 0.1) is 14.2 Å². The molecule has 6 nitrogen and oxygen atoms in total. The number of hydrogen-bond donors (Lipinski definition) is 3. The van der Waals surface area contributed by atoms with Gasteiger partial charge in [0.15, 0.2) is 16.6 Å². The Morgan fingerprint density at radius 2 is 1.83 bits per heavy atom. The molecule has 0 unspecified atom stereocenters. The van der Waals surface area contributed by atoms with Crippen molar-refractivity contribution in [3.8, 4) is 11.5 Å². The summed E-state index contributed by atoms with van der Waals surface area (Å²) >= 11 is 4.99. The van der Waals surface area contributed by atoms with Gasteiger partial charge in [0.25, 0.3) is 0 Å². The van der Waals surface area contributed by atoms with E-state index in [2.05, 4.69) is 16.2 Å². The number of ether oxygens (including phenoxy) is 2. The molecular formula is C11H15N3O3S. The predicted molar refractivity (Wildman–Crippen MR) is 72.7 cm³/mol. The molecule has 0 heterocycles. The lowest BCUT2D eigenvalue weighted by Gasteiger charge is -2.13. The smallest absolute Gasteiger partial charge is 0.235 e. The number of methoxy groups -OCH3 is 2. The van der Waals surface area contributed by atoms with E-state index in [1.807, 2.05) is 0 Å². The van der Waals surface area contributed by atoms with E-state index in [-0.39, 0.29) is 11.0 Å². The Balaban J connectivity index is 2.67. The first kappa shape index (κ1) is 14.0. The molecule has 0 radical (unpaired) electrons. The lowest BCUT2D eigenvalue weighted by Crippen LogP contribution is -2.42. The molecule has 0 aromatic heterocycles. The largest absolute Gasteiger partial charge is 0.493 e. The molecule has 0 aliphatic rings. The molecule has 0 spiro atoms. The minimum atomic E-state index is -0.230. The molecule has 1 amide bonds. The van der Waals surface area contributed by atoms with Crippen LogP contribution in [-0.4, -0.2) is 25.2 Å². The van der Waals surface area contributed by atoms with Crippen LogP contribution in [0.15, 0.2) is 18.2 Å². The van der Waals surface area contributed by atoms with Crippen molar-refractivity contribution >= 4 is 28.9 Å². The zero-order chi connectivity index (χ0) is 13.5. The molecule has 0 bridgehead atoms. The van der Waals surface area contributed by atoms with E-state index >= 15 is 0 Å². The van der Waals surface area contributed by atoms with Gasteiger partial charge in [0, 0.05) is 18.7 Å². The van der Waals surface area contributed by atoms with Crippen molar-refractivity contribution in [1.29, 1.82) is 0 Å². The van der Waals surface area contributed by atoms with Crippen molar-refractivity contribution in [1.82, 2.24) is 10.9 Å². The molecule has 0 aliphatic heterocycles. The van der Waals surface area contributed by atoms with E-state index < -0.39 is 0 Å². The average molecular weight is 269 g/mol. The van der Waals surface area contributed by atoms with E-state index in [1.54, 1.807) is 32.4 Å². The molecule has 3 N–H and O–H groups in total. The van der Waals surface area contributed by atoms with Crippen LogP contribution in [0.2, 0.25) is 0 Å². The molecule has 0 fully saturated rings. The third kappa shape index (κ3) is 4.10. The topological polar surface area (TPSA) is 71.6 Å². The van der Waals surface area contributed by atoms with Gasteiger partial charge in [-0.05, 0) is 24.4 Å². The highest BCUT2D eigenvalue weighted by molar-refractivity contribution is 7.80. The third-order valence-electron chi connectivity index (χ3n) is 1.99. The molecule has 7 heteroatoms. The molecule has 0 atom stereocenters. The Morgan fingerprint density at radius 1 is 1.17 bits per heavy atom. The summed E-state index contributed by atoms with van der Waals surface area (Å²) in [6, 6.07) is 5.27. The van der Waals surface area contributed by atoms with Gasteiger partial charge >= 0.3 is 0 Å². The zero-order valence-electron chi connectivity index (χ0n) is 10.4. The minimum Gasteiger partial charge on any atom is -0.493 e. The maximum Gasteiger partial charge on any atom is 0.235 e. The zero-order valence-corrected chi connectivity index (χ0v) is 11.2. The fraction of sp³-hybridized carbons (Fsp3) is 0.273. The van der Waals surface area contributed by atoms with Crippen molar-refractivity contribution < 1.29 is 14.3 Å². The van der Waals surface area contributed by atoms with Crippen LogP contribution in [0.25, 0.3) is 0 Å². The normalized spacial score (nSPS) is 9.28. The quantitative estimate of drug-likeness (QED) is 0.562. The minimum absolute atomic E-state index is 0.230. The van der Waals surface area contributed by atoms with Gasteiger partial charge in [0.2, 0.25) is 5.91 Å². The second-order valence-electron chi connectivity index (χ2n) is 3.33. The molecule has 98 valence electrons. The predicted octanol–water partition coefficient (Wildman–Crippen LogP) is 1.04. The lowest BCUT2D eigenvalue weighted by molar-refractivity contribution is -0.119. The standard InChI is InChI=1S/C11H15N3O3S/c1-7(15)13-14-11(18)12-8-4-5-9(16-2)10(6-8)17-3/h4-6H,1-3H3,(H,13,15)(H2,12,14,18). The summed E-state index contributed by atoms with van der Waals surface area (Å²) < 4.78 is 10.3. The van der Waals surface area contributed by atoms with Crippen LogP contribution in [0, 0.1) is 0 Å². The Kier molecular flexibility index (Phi) is 5.19. The number of nitrogens with one attached hydrogen (secondary N) is 3. The second-order valence-corrected chi connectivity index (χ2v) is 3.74. The number of thiocarbonyl (C=S) groups is 1. The van der Waals surface area contributed by atoms with Crippen molar-refractivity contribution in [2.45, 2.75) is 6.92 Å². The molecule has 0 saturated carbocycles. The number of hydrogen-bond acceptors (Lipinski definition) is 4. The Labute approximate surface area is 111 Å². The van der Waals surface area contributed by atoms with Gasteiger partial charge in [0.1, 0.15) is 0 Å². The summed E-state index contributed by atoms with van der Waals surface area (Å²) in [4.78, 5) is 10.7. The molecule has 18 heavy (non-hydrogen) atoms. The molecule has 0 aliphatic carbocycles. The van der Waals surface area contributed by atoms with E-state index in [0.717, 1.165) is 5.69 Å². The first-order chi connectivity index (χ1) is 8.56. The number of carbonyl (C=O) groups is 1. The van der Waals surface area contributed by atoms with Crippen LogP contribution in [0.1, 0.15) is 6.92 Å². The molecular weight excluding hydrogens is 254 g/mol. The highest BCUT2D eigenvalue weighted by Crippen LogP contribution is 2.29. The Hall–Kier alpha value is -2.02. The first-order valence-corrected chi connectivity index (χ1v) is 5.53. The SMILES string of the molecule is COc1ccc(NC(=S)NNC(C)=O)cc1OC. The summed E-state index contributed by atoms with van der Waals surface area (Å²) in [5.41, 5.74) is 5.63. The van der Waals surface area contributed by atoms with Gasteiger partial charge in [-0.2, -0.15) is 0 Å². The van der Waals surface area contributed by atoms with Gasteiger partial charge in [-0.25, -0.2) is 0 Å². The van der Waals surface area contributed by atoms with E-state index in [0.29, 0.717) is 11.5 Å². The number of anilines is 1. The first-order valence-electron chi connectivity index (χ1n) is 5.12. The van der Waals surface area contributed by atoms with E-state index in [1.165, 1.54) is 6.92 Å². The number of amides is 1. The van der Waals surface area contributed by atoms with Crippen LogP contribution in [0.3, 0.4) is 0 Å². The fourth-order valence-corrected chi connectivity index (χ4v) is 1.39. The lowest BCUT2D eigenvalue weighted by atomic mass is 10.3. The number of hydrazine groups is 1. The summed E-state index contributed by atoms with van der Waals surface area (Å²) in [5, 5.41) is 3.17. The van der Waals surface area contributed by atoms with Crippen LogP contribution >= 0.6 is 12.2 Å². The van der Waals surface area contributed by atoms with Crippen LogP contribution < -0.4 is 25.6 Å². The third-order valence-corrected chi connectivity index (χ3v) is 2.20. The molecule has 1 aromatic rings. The van der Waals surface area contributed by atoms with Crippen molar-refractivity contribution in [3.63, 3.8) is 0 Å². The summed E-state index contributed by atoms with van der Waals surface area (Å²) in [6.45, 7) is 1.38. The Bertz CT molecular complexity index is 451. The highest BCUT2D eigenvalue weighted by Gasteiger charge is 2.05. The summed E-state index contributed by atoms with van der Waals surface area (Å²) in [5.74, 6) is 0.986. The average Bonchev–Trinajstić information content (AvgIpc) is 2.36. The van der Waals surface area contributed by atoms with Gasteiger partial charge < -0.3 is 14.8 Å². The monoisotopic (exact) mass is 269 g/mol. The van der Waals surface area contributed by atoms with Crippen LogP contribution in [0.4, 0.5) is 5.69 Å². The van der Waals surface area contributed by atoms with Crippen molar-refractivity contribution in [3.05, 3.63) is 18.2 Å². The Morgan fingerprint density at radius 3 is 2.39 bits per heavy atom. The van der Waals surface area contributed by atoms with Gasteiger partial charge in [-0.15, -0.1) is 0 Å². The van der Waals surface area contributed by atoms with Gasteiger partial charge in [-0.1, -0.05) is 0 Å². The molecule has 1 rings (SSSR count). The number of benzene rings is 1. The summed E-state index contributed by atoms with van der Waals surface area (Å²) in [6.07, 6.45) is 0. The fourth-order valence-electron chi connectivity index (χ4n) is 1.22. The maximum atomic E-state index is 10.7. The van der Waals surface area contributed by atoms with Crippen LogP contribution in [0.5, 0.6) is 11.5 Å². The van der Waals surface area contributed by atoms with Gasteiger partial charge in [-0.3, -0.25) is 15.6 Å². The van der Waals surface area contributed by atoms with E-state index in [9.17, 15) is 4.79 Å². The van der Waals surface area contributed by atoms with Crippen molar-refractivity contribution in [2.75, 3.05) is 19.5 Å². The molecule has 1 aromatic carbocycles. The van der Waals surface area contributed by atoms with E-state index in [4.69, 9.17) is 21.7 Å². The van der Waals surface area contributed by atoms with Crippen LogP contribution in [-0.2, 0) is 4.79 Å². The van der Waals surface area contributed by atoms with Crippen molar-refractivity contribution in [2.24, 2.45) is 0 Å². The number of rotatable bonds is 3. The summed E-state index contributed by atoms with van der Waals surface area (Å²) in [7, 11) is 3.11. The number of carbonyl (C=O) groups excluding carboxylic acids is 1. The maximum absolute atomic E-state index is 10.7. The highest BCUT2D eigenvalue weighted by atomic mass is 32.1. The molecule has 0 saturated heterocycles. The second kappa shape index (κ2) is 6.65.